The molecule has 0 aliphatic carbocycles. The van der Waals surface area contributed by atoms with Gasteiger partial charge in [-0.15, -0.1) is 0 Å². The number of rotatable bonds is 7. The number of nitrogens with zero attached hydrogens (tertiary/aromatic N) is 2. The normalized spacial score (nSPS) is 11.9. The SMILES string of the molecule is CN(C)Cc1ccccc1[Si](c1ccccc1CN(C)C)[Si](C)C. The van der Waals surface area contributed by atoms with Crippen molar-refractivity contribution in [2.24, 2.45) is 0 Å². The summed E-state index contributed by atoms with van der Waals surface area (Å²) in [7, 11) is 7.49. The van der Waals surface area contributed by atoms with Crippen LogP contribution < -0.4 is 10.4 Å². The average Bonchev–Trinajstić information content (AvgIpc) is 2.49. The first-order chi connectivity index (χ1) is 11.4. The second-order valence-corrected chi connectivity index (χ2v) is 15.5. The van der Waals surface area contributed by atoms with Gasteiger partial charge in [-0.1, -0.05) is 72.0 Å². The van der Waals surface area contributed by atoms with E-state index in [1.54, 1.807) is 10.4 Å². The highest BCUT2D eigenvalue weighted by atomic mass is 29.2. The summed E-state index contributed by atoms with van der Waals surface area (Å²) in [6, 6.07) is 18.2. The minimum absolute atomic E-state index is 0.427. The topological polar surface area (TPSA) is 6.48 Å². The van der Waals surface area contributed by atoms with Crippen molar-refractivity contribution in [3.8, 4) is 0 Å². The lowest BCUT2D eigenvalue weighted by molar-refractivity contribution is 0.403. The fourth-order valence-corrected chi connectivity index (χ4v) is 10.7. The molecule has 2 aromatic carbocycles. The Kier molecular flexibility index (Phi) is 6.98. The molecule has 0 fully saturated rings. The van der Waals surface area contributed by atoms with E-state index < -0.39 is 16.6 Å². The molecule has 0 bridgehead atoms. The molecule has 0 saturated heterocycles. The Morgan fingerprint density at radius 3 is 1.38 bits per heavy atom. The highest BCUT2D eigenvalue weighted by molar-refractivity contribution is 7.32. The molecule has 0 aliphatic rings. The van der Waals surface area contributed by atoms with Gasteiger partial charge in [-0.05, 0) is 39.3 Å². The van der Waals surface area contributed by atoms with Crippen molar-refractivity contribution in [3.63, 3.8) is 0 Å². The Bertz CT molecular complexity index is 600. The van der Waals surface area contributed by atoms with E-state index in [4.69, 9.17) is 0 Å². The minimum Gasteiger partial charge on any atom is -0.305 e. The van der Waals surface area contributed by atoms with E-state index in [1.165, 1.54) is 11.1 Å². The highest BCUT2D eigenvalue weighted by Crippen LogP contribution is 2.08. The third kappa shape index (κ3) is 4.90. The summed E-state index contributed by atoms with van der Waals surface area (Å²) in [5.41, 5.74) is 3.00. The molecule has 2 radical (unpaired) electrons. The molecule has 0 atom stereocenters. The zero-order valence-electron chi connectivity index (χ0n) is 15.9. The Morgan fingerprint density at radius 1 is 0.667 bits per heavy atom. The van der Waals surface area contributed by atoms with Crippen molar-refractivity contribution in [1.29, 1.82) is 0 Å². The molecule has 24 heavy (non-hydrogen) atoms. The second-order valence-electron chi connectivity index (χ2n) is 7.16. The van der Waals surface area contributed by atoms with Crippen molar-refractivity contribution in [2.75, 3.05) is 28.2 Å². The van der Waals surface area contributed by atoms with Crippen LogP contribution in [-0.2, 0) is 13.1 Å². The van der Waals surface area contributed by atoms with E-state index in [0.717, 1.165) is 13.1 Å². The van der Waals surface area contributed by atoms with Crippen molar-refractivity contribution >= 4 is 27.0 Å². The summed E-state index contributed by atoms with van der Waals surface area (Å²) in [5, 5.41) is 3.22. The summed E-state index contributed by atoms with van der Waals surface area (Å²) in [6.45, 7) is 7.01. The van der Waals surface area contributed by atoms with Gasteiger partial charge < -0.3 is 9.80 Å². The van der Waals surface area contributed by atoms with Gasteiger partial charge in [0.25, 0.3) is 0 Å². The van der Waals surface area contributed by atoms with Crippen LogP contribution in [0.15, 0.2) is 48.5 Å². The average molecular weight is 355 g/mol. The molecular formula is C20H30N2Si2. The van der Waals surface area contributed by atoms with E-state index in [0.29, 0.717) is 0 Å². The highest BCUT2D eigenvalue weighted by Gasteiger charge is 2.26. The second kappa shape index (κ2) is 8.76. The Labute approximate surface area is 151 Å². The van der Waals surface area contributed by atoms with Crippen molar-refractivity contribution in [2.45, 2.75) is 26.2 Å². The Hall–Kier alpha value is -1.21. The molecule has 128 valence electrons. The van der Waals surface area contributed by atoms with Crippen LogP contribution in [0.25, 0.3) is 0 Å². The van der Waals surface area contributed by atoms with E-state index in [2.05, 4.69) is 99.6 Å². The van der Waals surface area contributed by atoms with Crippen LogP contribution in [-0.4, -0.2) is 54.6 Å². The predicted molar refractivity (Wildman–Crippen MR) is 110 cm³/mol. The lowest BCUT2D eigenvalue weighted by atomic mass is 10.2. The lowest BCUT2D eigenvalue weighted by Crippen LogP contribution is -2.55. The van der Waals surface area contributed by atoms with E-state index in [-0.39, 0.29) is 0 Å². The van der Waals surface area contributed by atoms with Crippen LogP contribution in [0.2, 0.25) is 13.1 Å². The van der Waals surface area contributed by atoms with Crippen LogP contribution in [0.4, 0.5) is 0 Å². The van der Waals surface area contributed by atoms with Crippen molar-refractivity contribution < 1.29 is 0 Å². The molecule has 0 unspecified atom stereocenters. The molecule has 2 nitrogen and oxygen atoms in total. The fraction of sp³-hybridized carbons (Fsp3) is 0.400. The first-order valence-electron chi connectivity index (χ1n) is 8.53. The standard InChI is InChI=1S/C20H30N2Si2/c1-21(2)15-17-11-7-9-13-19(17)24(23(5)6)20-14-10-8-12-18(20)16-22(3)4/h7-14H,15-16H2,1-6H3. The maximum atomic E-state index is 2.48. The van der Waals surface area contributed by atoms with Gasteiger partial charge in [-0.25, -0.2) is 0 Å². The number of hydrogen-bond donors (Lipinski definition) is 0. The fourth-order valence-electron chi connectivity index (χ4n) is 3.17. The maximum Gasteiger partial charge on any atom is 0.110 e. The van der Waals surface area contributed by atoms with Crippen molar-refractivity contribution in [3.05, 3.63) is 59.7 Å². The van der Waals surface area contributed by atoms with Crippen LogP contribution in [0, 0.1) is 0 Å². The third-order valence-electron chi connectivity index (χ3n) is 4.05. The van der Waals surface area contributed by atoms with Crippen LogP contribution >= 0.6 is 0 Å². The van der Waals surface area contributed by atoms with Gasteiger partial charge in [-0.2, -0.15) is 0 Å². The summed E-state index contributed by atoms with van der Waals surface area (Å²) < 4.78 is 0. The van der Waals surface area contributed by atoms with Gasteiger partial charge in [0.2, 0.25) is 0 Å². The van der Waals surface area contributed by atoms with Crippen LogP contribution in [0.1, 0.15) is 11.1 Å². The molecular weight excluding hydrogens is 324 g/mol. The molecule has 0 saturated carbocycles. The molecule has 4 heteroatoms. The van der Waals surface area contributed by atoms with E-state index in [1.807, 2.05) is 0 Å². The van der Waals surface area contributed by atoms with Crippen LogP contribution in [0.3, 0.4) is 0 Å². The summed E-state index contributed by atoms with van der Waals surface area (Å²) in [6.07, 6.45) is 0. The van der Waals surface area contributed by atoms with Gasteiger partial charge in [0.1, 0.15) is 8.31 Å². The largest absolute Gasteiger partial charge is 0.305 e. The van der Waals surface area contributed by atoms with Gasteiger partial charge in [0.05, 0.1) is 0 Å². The van der Waals surface area contributed by atoms with Gasteiger partial charge in [0, 0.05) is 21.4 Å². The summed E-state index contributed by atoms with van der Waals surface area (Å²) >= 11 is 0. The zero-order valence-corrected chi connectivity index (χ0v) is 17.9. The predicted octanol–water partition coefficient (Wildman–Crippen LogP) is 2.25. The molecule has 2 rings (SSSR count). The van der Waals surface area contributed by atoms with E-state index in [9.17, 15) is 0 Å². The molecule has 0 aliphatic heterocycles. The molecule has 0 heterocycles. The van der Waals surface area contributed by atoms with Crippen molar-refractivity contribution in [1.82, 2.24) is 9.80 Å². The third-order valence-corrected chi connectivity index (χ3v) is 11.7. The van der Waals surface area contributed by atoms with Gasteiger partial charge >= 0.3 is 0 Å². The molecule has 2 aromatic rings. The smallest absolute Gasteiger partial charge is 0.110 e. The Balaban J connectivity index is 2.53. The number of benzene rings is 2. The molecule has 0 N–H and O–H groups in total. The maximum absolute atomic E-state index is 2.48. The number of hydrogen-bond acceptors (Lipinski definition) is 2. The first kappa shape index (κ1) is 19.1. The van der Waals surface area contributed by atoms with Gasteiger partial charge in [-0.3, -0.25) is 0 Å². The monoisotopic (exact) mass is 354 g/mol. The minimum atomic E-state index is -0.718. The molecule has 0 spiro atoms. The Morgan fingerprint density at radius 2 is 1.04 bits per heavy atom. The van der Waals surface area contributed by atoms with Crippen LogP contribution in [0.5, 0.6) is 0 Å². The molecule has 0 aromatic heterocycles. The first-order valence-corrected chi connectivity index (χ1v) is 13.5. The summed E-state index contributed by atoms with van der Waals surface area (Å²) in [4.78, 5) is 4.56. The van der Waals surface area contributed by atoms with Gasteiger partial charge in [0.15, 0.2) is 0 Å². The molecule has 0 amide bonds. The summed E-state index contributed by atoms with van der Waals surface area (Å²) in [5.74, 6) is 0. The lowest BCUT2D eigenvalue weighted by Gasteiger charge is -2.26. The van der Waals surface area contributed by atoms with E-state index >= 15 is 0 Å². The zero-order chi connectivity index (χ0) is 17.7. The quantitative estimate of drug-likeness (QED) is 0.704.